The predicted molar refractivity (Wildman–Crippen MR) is 437 cm³/mol. The van der Waals surface area contributed by atoms with Crippen LogP contribution in [0.5, 0.6) is 40.2 Å². The summed E-state index contributed by atoms with van der Waals surface area (Å²) in [6, 6.07) is -2.76. The molecule has 37 nitrogen and oxygen atoms in total. The van der Waals surface area contributed by atoms with Gasteiger partial charge in [0, 0.05) is 37.9 Å². The van der Waals surface area contributed by atoms with Crippen molar-refractivity contribution in [3.05, 3.63) is 123 Å². The fourth-order valence-electron chi connectivity index (χ4n) is 17.7. The molecular formula is C86H106ClN11O26. The van der Waals surface area contributed by atoms with Crippen LogP contribution in [0.3, 0.4) is 0 Å². The van der Waals surface area contributed by atoms with Gasteiger partial charge in [0.1, 0.15) is 113 Å². The van der Waals surface area contributed by atoms with Gasteiger partial charge < -0.3 is 121 Å². The van der Waals surface area contributed by atoms with E-state index in [1.165, 1.54) is 83.5 Å². The number of aliphatic hydroxyl groups excluding tert-OH is 5. The molecule has 1 unspecified atom stereocenters. The Kier molecular flexibility index (Phi) is 27.0. The molecule has 7 heterocycles. The van der Waals surface area contributed by atoms with Crippen LogP contribution in [0, 0.1) is 36.5 Å². The van der Waals surface area contributed by atoms with Crippen molar-refractivity contribution < 1.29 is 126 Å². The van der Waals surface area contributed by atoms with Crippen LogP contribution in [-0.2, 0) is 62.0 Å². The molecule has 4 saturated carbocycles. The van der Waals surface area contributed by atoms with Crippen molar-refractivity contribution in [2.75, 3.05) is 40.5 Å². The minimum absolute atomic E-state index is 0.0543. The van der Waals surface area contributed by atoms with Crippen molar-refractivity contribution >= 4 is 77.1 Å². The van der Waals surface area contributed by atoms with E-state index in [0.717, 1.165) is 67.3 Å². The van der Waals surface area contributed by atoms with Gasteiger partial charge in [0.2, 0.25) is 59.3 Å². The monoisotopic (exact) mass is 1740 g/mol. The first-order valence-electron chi connectivity index (χ1n) is 41.2. The number of imide groups is 1. The largest absolute Gasteiger partial charge is 0.508 e. The molecule has 1 saturated heterocycles. The Labute approximate surface area is 718 Å². The number of aromatic hydroxyl groups is 2. The highest BCUT2D eigenvalue weighted by Gasteiger charge is 2.53. The fraction of sp³-hybridized carbons (Fsp3) is 0.523. The molecule has 17 N–H and O–H groups in total. The molecular weight excluding hydrogens is 1640 g/mol. The summed E-state index contributed by atoms with van der Waals surface area (Å²) in [4.78, 5) is 169. The molecule has 5 fully saturated rings. The number of hydrogen-bond donors (Lipinski definition) is 17. The summed E-state index contributed by atoms with van der Waals surface area (Å²) in [5.41, 5.74) is -3.88. The summed E-state index contributed by atoms with van der Waals surface area (Å²) < 4.78 is 48.6. The zero-order chi connectivity index (χ0) is 89.6. The average molecular weight is 1750 g/mol. The van der Waals surface area contributed by atoms with Gasteiger partial charge in [0.15, 0.2) is 11.5 Å². The molecule has 124 heavy (non-hydrogen) atoms. The van der Waals surface area contributed by atoms with Crippen LogP contribution in [-0.4, -0.2) is 219 Å². The topological polar surface area (TPSA) is 527 Å². The number of aliphatic hydroxyl groups is 5. The van der Waals surface area contributed by atoms with Gasteiger partial charge in [0.25, 0.3) is 0 Å². The number of nitrogens with zero attached hydrogens (tertiary/aromatic N) is 1. The van der Waals surface area contributed by atoms with Gasteiger partial charge in [-0.2, -0.15) is 0 Å². The van der Waals surface area contributed by atoms with Crippen molar-refractivity contribution in [2.45, 2.75) is 216 Å². The molecule has 15 atom stereocenters. The number of benzene rings is 5. The van der Waals surface area contributed by atoms with E-state index in [0.29, 0.717) is 11.8 Å². The number of carbonyl (C=O) groups excluding carboxylic acids is 11. The standard InChI is InChI=1S/C86H106ClN11O26/c1-36(2)22-52(98(10)84(116)124-86(7,8)9)75(108)95-65-67(102)41-13-16-54-48(30-41)63(97-83(115)123-85(4,5)6)73-70(105)69(104)71(106)81(122-73)121-72-56(119-54)32-45-33-57(72)120-55-17-14-42(31-50(55)87)68(103)66-80(113)94-64(78(111)91-60-43-25-38-24-39(27-43)28-44(60)26-38)49-34-46(99)23-37(3)59(49)47-29-40(12-15-53(47)100)61(76(109)96-66)93-77(110)62(45)92-74(107)51(89-79(65)112)35-58(101)90-82(114)88-18-19-118-21-20-117-11/h12-17,23,29-34,36,38-39,43-44,51-52,60-71,73,81,99-100,102-106H,18-22,24-28,35H2,1-11H3,(H,89,112)(H,91,111)(H,92,107)(H,93,110)(H,94,113)(H,95,108)(H,96,109)(H,97,115)(H2,88,90,101,114)/t38?,39?,43?,44?,51-,52+,60?,61+,62+,63?,64-,65+,66-,67+,68+,69-,70-,71+,73+,81+/m0/s1. The minimum Gasteiger partial charge on any atom is -0.508 e. The maximum atomic E-state index is 16.6. The normalized spacial score (nSPS) is 27.8. The van der Waals surface area contributed by atoms with Crippen LogP contribution in [0.2, 0.25) is 5.02 Å². The Morgan fingerprint density at radius 1 is 0.621 bits per heavy atom. The second kappa shape index (κ2) is 36.9. The molecule has 0 radical (unpaired) electrons. The molecule has 12 amide bonds. The molecule has 18 bridgehead atoms. The number of phenolic OH excluding ortho intramolecular Hbond substituents is 2. The lowest BCUT2D eigenvalue weighted by Crippen LogP contribution is -2.62. The number of aryl methyl sites for hydroxylation is 1. The highest BCUT2D eigenvalue weighted by molar-refractivity contribution is 6.32. The second-order valence-corrected chi connectivity index (χ2v) is 35.7. The summed E-state index contributed by atoms with van der Waals surface area (Å²) >= 11 is 7.24. The number of hydrogen-bond acceptors (Lipinski definition) is 26. The number of phenols is 2. The number of carbonyl (C=O) groups is 11. The van der Waals surface area contributed by atoms with E-state index in [1.807, 2.05) is 0 Å². The van der Waals surface area contributed by atoms with Crippen LogP contribution in [0.1, 0.15) is 176 Å². The molecule has 668 valence electrons. The van der Waals surface area contributed by atoms with Crippen molar-refractivity contribution in [2.24, 2.45) is 29.6 Å². The summed E-state index contributed by atoms with van der Waals surface area (Å²) in [6.45, 7) is 14.4. The maximum absolute atomic E-state index is 16.6. The van der Waals surface area contributed by atoms with Gasteiger partial charge in [0.05, 0.1) is 37.3 Å². The fourth-order valence-corrected chi connectivity index (χ4v) is 18.0. The van der Waals surface area contributed by atoms with Crippen LogP contribution in [0.4, 0.5) is 14.4 Å². The molecule has 5 aromatic carbocycles. The van der Waals surface area contributed by atoms with E-state index in [-0.39, 0.29) is 112 Å². The Hall–Kier alpha value is -11.2. The smallest absolute Gasteiger partial charge is 0.410 e. The van der Waals surface area contributed by atoms with E-state index in [4.69, 9.17) is 49.5 Å². The van der Waals surface area contributed by atoms with E-state index >= 15 is 33.6 Å². The van der Waals surface area contributed by atoms with Gasteiger partial charge in [-0.15, -0.1) is 0 Å². The summed E-state index contributed by atoms with van der Waals surface area (Å²) in [7, 11) is 2.69. The van der Waals surface area contributed by atoms with Crippen molar-refractivity contribution in [1.29, 1.82) is 0 Å². The van der Waals surface area contributed by atoms with Crippen LogP contribution in [0.15, 0.2) is 78.9 Å². The highest BCUT2D eigenvalue weighted by atomic mass is 35.5. The predicted octanol–water partition coefficient (Wildman–Crippen LogP) is 4.91. The average Bonchev–Trinajstić information content (AvgIpc) is 0.759. The Bertz CT molecular complexity index is 4950. The van der Waals surface area contributed by atoms with Crippen LogP contribution in [0.25, 0.3) is 11.1 Å². The number of urea groups is 1. The van der Waals surface area contributed by atoms with Gasteiger partial charge >= 0.3 is 18.2 Å². The number of fused-ring (bicyclic) bond motifs is 16. The minimum atomic E-state index is -2.40. The van der Waals surface area contributed by atoms with Gasteiger partial charge in [-0.3, -0.25) is 48.6 Å². The lowest BCUT2D eigenvalue weighted by Gasteiger charge is -2.54. The van der Waals surface area contributed by atoms with Crippen LogP contribution >= 0.6 is 11.6 Å². The number of nitrogens with one attached hydrogen (secondary N) is 10. The van der Waals surface area contributed by atoms with Gasteiger partial charge in [-0.1, -0.05) is 43.6 Å². The first-order valence-corrected chi connectivity index (χ1v) is 41.6. The number of halogens is 1. The molecule has 5 aromatic rings. The SMILES string of the molecule is COCCOCCNC(=O)NC(=O)C[C@@H]1NC(=O)[C@H](NC(=O)[C@@H](CC(C)C)N(C)C(=O)OC(C)(C)C)[C@H](O)c2ccc3c(c2)C(NC(=O)OC(C)(C)C)[C@H]2O[C@@H](Oc4c5cc(cc4O3)[C@@H](NC1=O)C(=O)N[C@H]1C(=O)N[C@H](C(=O)N[C@H](C(=O)NC3C4CC6CC(C4)CC3C6)c3cc(O)cc(C)c3-c3cc1ccc3O)[C@H](O)c1ccc(c(Cl)c1)O5)[C@H](O)[C@@H](O)[C@@H]2O. The van der Waals surface area contributed by atoms with E-state index in [2.05, 4.69) is 53.2 Å². The number of alkyl carbamates (subject to hydrolysis) is 1. The molecule has 0 aromatic heterocycles. The number of likely N-dealkylation sites (N-methyl/N-ethyl adjacent to an activating group) is 1. The van der Waals surface area contributed by atoms with E-state index in [9.17, 15) is 54.9 Å². The zero-order valence-corrected chi connectivity index (χ0v) is 70.9. The van der Waals surface area contributed by atoms with E-state index in [1.54, 1.807) is 41.5 Å². The van der Waals surface area contributed by atoms with Crippen molar-refractivity contribution in [1.82, 2.24) is 58.1 Å². The first kappa shape index (κ1) is 90.6. The number of amides is 12. The summed E-state index contributed by atoms with van der Waals surface area (Å²) in [5.74, 6) is -12.8. The van der Waals surface area contributed by atoms with Gasteiger partial charge in [-0.05, 0) is 216 Å². The number of ether oxygens (including phenoxy) is 8. The zero-order valence-electron chi connectivity index (χ0n) is 70.1. The Balaban J connectivity index is 1.03. The molecule has 11 aliphatic rings. The quantitative estimate of drug-likeness (QED) is 0.0583. The number of methoxy groups -OCH3 is 1. The second-order valence-electron chi connectivity index (χ2n) is 35.3. The summed E-state index contributed by atoms with van der Waals surface area (Å²) in [6.07, 6.45) is -14.5. The summed E-state index contributed by atoms with van der Waals surface area (Å²) in [5, 5.41) is 112. The Morgan fingerprint density at radius 3 is 1.90 bits per heavy atom. The maximum Gasteiger partial charge on any atom is 0.410 e. The van der Waals surface area contributed by atoms with E-state index < -0.39 is 215 Å². The van der Waals surface area contributed by atoms with Crippen molar-refractivity contribution in [3.63, 3.8) is 0 Å². The Morgan fingerprint density at radius 2 is 1.25 bits per heavy atom. The lowest BCUT2D eigenvalue weighted by atomic mass is 9.54. The van der Waals surface area contributed by atoms with Crippen LogP contribution < -0.4 is 67.4 Å². The molecule has 7 aliphatic heterocycles. The highest BCUT2D eigenvalue weighted by Crippen LogP contribution is 2.55. The number of rotatable bonds is 16. The molecule has 38 heteroatoms. The third-order valence-electron chi connectivity index (χ3n) is 23.3. The first-order chi connectivity index (χ1) is 58.6. The third kappa shape index (κ3) is 20.1. The third-order valence-corrected chi connectivity index (χ3v) is 23.6. The van der Waals surface area contributed by atoms with Crippen molar-refractivity contribution in [3.8, 4) is 51.4 Å². The molecule has 0 spiro atoms. The molecule has 16 rings (SSSR count). The molecule has 4 aliphatic carbocycles. The lowest BCUT2D eigenvalue weighted by molar-refractivity contribution is -0.278. The van der Waals surface area contributed by atoms with Gasteiger partial charge in [-0.25, -0.2) is 14.4 Å².